The van der Waals surface area contributed by atoms with Crippen LogP contribution in [-0.2, 0) is 9.59 Å². The Kier molecular flexibility index (Phi) is 4.69. The molecule has 1 aliphatic rings. The van der Waals surface area contributed by atoms with Crippen molar-refractivity contribution in [2.75, 3.05) is 6.54 Å². The summed E-state index contributed by atoms with van der Waals surface area (Å²) in [6.45, 7) is 9.97. The Labute approximate surface area is 132 Å². The minimum Gasteiger partial charge on any atom is -0.348 e. The fourth-order valence-electron chi connectivity index (χ4n) is 3.17. The summed E-state index contributed by atoms with van der Waals surface area (Å²) in [5.41, 5.74) is 1.45. The van der Waals surface area contributed by atoms with Crippen LogP contribution in [0, 0.1) is 6.92 Å². The van der Waals surface area contributed by atoms with Gasteiger partial charge in [-0.15, -0.1) is 0 Å². The second-order valence-corrected chi connectivity index (χ2v) is 6.12. The van der Waals surface area contributed by atoms with Crippen LogP contribution in [0.25, 0.3) is 0 Å². The van der Waals surface area contributed by atoms with Crippen LogP contribution < -0.4 is 5.32 Å². The van der Waals surface area contributed by atoms with Crippen molar-refractivity contribution in [3.63, 3.8) is 0 Å². The molecule has 0 spiro atoms. The number of aryl methyl sites for hydroxylation is 1. The van der Waals surface area contributed by atoms with Crippen molar-refractivity contribution in [3.8, 4) is 0 Å². The van der Waals surface area contributed by atoms with Crippen molar-refractivity contribution >= 4 is 11.8 Å². The molecule has 1 fully saturated rings. The molecule has 0 aromatic heterocycles. The normalized spacial score (nSPS) is 22.2. The zero-order valence-electron chi connectivity index (χ0n) is 13.6. The number of hydrogen-bond donors (Lipinski definition) is 1. The monoisotopic (exact) mass is 300 g/mol. The van der Waals surface area contributed by atoms with E-state index in [2.05, 4.69) is 11.9 Å². The maximum atomic E-state index is 12.8. The van der Waals surface area contributed by atoms with Gasteiger partial charge in [0.1, 0.15) is 5.54 Å². The molecule has 1 aromatic rings. The number of hydrogen-bond acceptors (Lipinski definition) is 2. The Morgan fingerprint density at radius 1 is 1.41 bits per heavy atom. The third kappa shape index (κ3) is 2.91. The van der Waals surface area contributed by atoms with Crippen molar-refractivity contribution in [1.82, 2.24) is 10.2 Å². The van der Waals surface area contributed by atoms with Gasteiger partial charge in [-0.25, -0.2) is 0 Å². The van der Waals surface area contributed by atoms with Gasteiger partial charge >= 0.3 is 0 Å². The quantitative estimate of drug-likeness (QED) is 0.869. The Balaban J connectivity index is 2.16. The lowest BCUT2D eigenvalue weighted by Gasteiger charge is -2.34. The molecule has 4 nitrogen and oxygen atoms in total. The smallest absolute Gasteiger partial charge is 0.246 e. The highest BCUT2D eigenvalue weighted by Crippen LogP contribution is 2.30. The molecule has 0 saturated carbocycles. The van der Waals surface area contributed by atoms with Gasteiger partial charge in [-0.1, -0.05) is 30.8 Å². The summed E-state index contributed by atoms with van der Waals surface area (Å²) in [6, 6.07) is 7.91. The van der Waals surface area contributed by atoms with Crippen LogP contribution in [0.1, 0.15) is 43.9 Å². The van der Waals surface area contributed by atoms with E-state index >= 15 is 0 Å². The molecule has 2 atom stereocenters. The van der Waals surface area contributed by atoms with Gasteiger partial charge in [-0.3, -0.25) is 9.59 Å². The van der Waals surface area contributed by atoms with Gasteiger partial charge in [0.2, 0.25) is 11.8 Å². The summed E-state index contributed by atoms with van der Waals surface area (Å²) < 4.78 is 0. The average molecular weight is 300 g/mol. The largest absolute Gasteiger partial charge is 0.348 e. The van der Waals surface area contributed by atoms with Gasteiger partial charge in [0.15, 0.2) is 0 Å². The number of rotatable bonds is 4. The predicted octanol–water partition coefficient (Wildman–Crippen LogP) is 2.74. The molecular weight excluding hydrogens is 276 g/mol. The number of carbonyl (C=O) groups excluding carboxylic acids is 2. The second-order valence-electron chi connectivity index (χ2n) is 6.12. The molecule has 0 aliphatic carbocycles. The lowest BCUT2D eigenvalue weighted by atomic mass is 9.95. The molecule has 0 unspecified atom stereocenters. The molecule has 4 heteroatoms. The number of benzene rings is 1. The molecule has 118 valence electrons. The maximum absolute atomic E-state index is 12.8. The highest BCUT2D eigenvalue weighted by Gasteiger charge is 2.45. The topological polar surface area (TPSA) is 49.4 Å². The minimum atomic E-state index is -0.789. The Bertz CT molecular complexity index is 597. The van der Waals surface area contributed by atoms with E-state index in [0.717, 1.165) is 17.5 Å². The zero-order chi connectivity index (χ0) is 16.3. The lowest BCUT2D eigenvalue weighted by molar-refractivity contribution is -0.141. The van der Waals surface area contributed by atoms with Crippen LogP contribution in [0.5, 0.6) is 0 Å². The van der Waals surface area contributed by atoms with Crippen molar-refractivity contribution in [2.24, 2.45) is 0 Å². The summed E-state index contributed by atoms with van der Waals surface area (Å²) in [7, 11) is 0. The summed E-state index contributed by atoms with van der Waals surface area (Å²) in [5, 5.41) is 3.06. The predicted molar refractivity (Wildman–Crippen MR) is 87.3 cm³/mol. The summed E-state index contributed by atoms with van der Waals surface area (Å²) >= 11 is 0. The van der Waals surface area contributed by atoms with Crippen molar-refractivity contribution in [1.29, 1.82) is 0 Å². The highest BCUT2D eigenvalue weighted by molar-refractivity contribution is 5.95. The third-order valence-electron chi connectivity index (χ3n) is 4.57. The molecule has 1 N–H and O–H groups in total. The van der Waals surface area contributed by atoms with Crippen molar-refractivity contribution in [2.45, 2.75) is 45.2 Å². The number of amides is 2. The summed E-state index contributed by atoms with van der Waals surface area (Å²) in [6.07, 6.45) is 2.79. The van der Waals surface area contributed by atoms with E-state index in [1.54, 1.807) is 4.90 Å². The van der Waals surface area contributed by atoms with Crippen LogP contribution in [0.2, 0.25) is 0 Å². The van der Waals surface area contributed by atoms with Crippen molar-refractivity contribution < 1.29 is 9.59 Å². The van der Waals surface area contributed by atoms with Gasteiger partial charge in [-0.2, -0.15) is 0 Å². The van der Waals surface area contributed by atoms with Gasteiger partial charge in [0.25, 0.3) is 0 Å². The van der Waals surface area contributed by atoms with Crippen LogP contribution >= 0.6 is 0 Å². The Morgan fingerprint density at radius 3 is 2.73 bits per heavy atom. The van der Waals surface area contributed by atoms with Crippen LogP contribution in [0.3, 0.4) is 0 Å². The van der Waals surface area contributed by atoms with Crippen LogP contribution in [0.15, 0.2) is 36.9 Å². The molecule has 2 amide bonds. The van der Waals surface area contributed by atoms with E-state index in [4.69, 9.17) is 0 Å². The first-order valence-corrected chi connectivity index (χ1v) is 7.70. The van der Waals surface area contributed by atoms with E-state index in [0.29, 0.717) is 13.0 Å². The molecule has 22 heavy (non-hydrogen) atoms. The number of carbonyl (C=O) groups is 2. The van der Waals surface area contributed by atoms with Gasteiger partial charge < -0.3 is 10.2 Å². The molecule has 2 rings (SSSR count). The first-order chi connectivity index (χ1) is 10.4. The van der Waals surface area contributed by atoms with E-state index in [-0.39, 0.29) is 17.9 Å². The number of nitrogens with zero attached hydrogens (tertiary/aromatic N) is 1. The molecule has 1 aliphatic heterocycles. The summed E-state index contributed by atoms with van der Waals surface area (Å²) in [4.78, 5) is 26.4. The Hall–Kier alpha value is -2.10. The SMILES string of the molecule is C=CC(=O)N1CCC[C@]1(C)C(=O)N[C@H](C)c1ccccc1C. The van der Waals surface area contributed by atoms with Crippen LogP contribution in [0.4, 0.5) is 0 Å². The molecular formula is C18H24N2O2. The van der Waals surface area contributed by atoms with E-state index in [1.807, 2.05) is 45.0 Å². The molecule has 1 saturated heterocycles. The fourth-order valence-corrected chi connectivity index (χ4v) is 3.17. The standard InChI is InChI=1S/C18H24N2O2/c1-5-16(21)20-12-8-11-18(20,4)17(22)19-14(3)15-10-7-6-9-13(15)2/h5-7,9-10,14H,1,8,11-12H2,2-4H3,(H,19,22)/t14-,18-/m1/s1. The van der Waals surface area contributed by atoms with E-state index < -0.39 is 5.54 Å². The van der Waals surface area contributed by atoms with Gasteiger partial charge in [-0.05, 0) is 50.8 Å². The summed E-state index contributed by atoms with van der Waals surface area (Å²) in [5.74, 6) is -0.283. The van der Waals surface area contributed by atoms with Crippen LogP contribution in [-0.4, -0.2) is 28.8 Å². The first kappa shape index (κ1) is 16.3. The molecule has 1 aromatic carbocycles. The van der Waals surface area contributed by atoms with E-state index in [9.17, 15) is 9.59 Å². The molecule has 0 bridgehead atoms. The third-order valence-corrected chi connectivity index (χ3v) is 4.57. The van der Waals surface area contributed by atoms with Crippen molar-refractivity contribution in [3.05, 3.63) is 48.0 Å². The second kappa shape index (κ2) is 6.34. The Morgan fingerprint density at radius 2 is 2.09 bits per heavy atom. The number of nitrogens with one attached hydrogen (secondary N) is 1. The van der Waals surface area contributed by atoms with Gasteiger partial charge in [0, 0.05) is 6.54 Å². The lowest BCUT2D eigenvalue weighted by Crippen LogP contribution is -2.55. The average Bonchev–Trinajstić information content (AvgIpc) is 2.90. The van der Waals surface area contributed by atoms with E-state index in [1.165, 1.54) is 6.08 Å². The fraction of sp³-hybridized carbons (Fsp3) is 0.444. The minimum absolute atomic E-state index is 0.0909. The molecule has 1 heterocycles. The van der Waals surface area contributed by atoms with Gasteiger partial charge in [0.05, 0.1) is 6.04 Å². The highest BCUT2D eigenvalue weighted by atomic mass is 16.2. The number of likely N-dealkylation sites (tertiary alicyclic amines) is 1. The molecule has 0 radical (unpaired) electrons. The zero-order valence-corrected chi connectivity index (χ0v) is 13.6. The first-order valence-electron chi connectivity index (χ1n) is 7.70. The maximum Gasteiger partial charge on any atom is 0.246 e.